The zero-order valence-electron chi connectivity index (χ0n) is 9.95. The van der Waals surface area contributed by atoms with Gasteiger partial charge in [-0.15, -0.1) is 11.8 Å². The van der Waals surface area contributed by atoms with Crippen molar-refractivity contribution >= 4 is 17.5 Å². The first kappa shape index (κ1) is 13.4. The van der Waals surface area contributed by atoms with E-state index in [1.807, 2.05) is 0 Å². The van der Waals surface area contributed by atoms with E-state index in [9.17, 15) is 14.4 Å². The quantitative estimate of drug-likeness (QED) is 0.420. The molecule has 17 heavy (non-hydrogen) atoms. The molecular formula is C13H16O4. The van der Waals surface area contributed by atoms with Crippen LogP contribution in [0.5, 0.6) is 0 Å². The van der Waals surface area contributed by atoms with E-state index in [1.54, 1.807) is 0 Å². The van der Waals surface area contributed by atoms with Crippen molar-refractivity contribution in [2.75, 3.05) is 7.11 Å². The number of carbonyl (C=O) groups is 3. The number of rotatable bonds is 3. The molecule has 0 aliphatic heterocycles. The van der Waals surface area contributed by atoms with Gasteiger partial charge in [0.15, 0.2) is 0 Å². The van der Waals surface area contributed by atoms with Crippen LogP contribution in [0.25, 0.3) is 0 Å². The molecule has 0 aromatic carbocycles. The highest BCUT2D eigenvalue weighted by Gasteiger charge is 2.28. The fourth-order valence-corrected chi connectivity index (χ4v) is 1.72. The van der Waals surface area contributed by atoms with Crippen LogP contribution in [0, 0.1) is 17.8 Å². The summed E-state index contributed by atoms with van der Waals surface area (Å²) in [7, 11) is 1.33. The number of ether oxygens (including phenoxy) is 1. The lowest BCUT2D eigenvalue weighted by Gasteiger charge is -2.16. The predicted molar refractivity (Wildman–Crippen MR) is 61.0 cm³/mol. The molecule has 0 amide bonds. The van der Waals surface area contributed by atoms with E-state index in [4.69, 9.17) is 0 Å². The van der Waals surface area contributed by atoms with Gasteiger partial charge in [-0.05, 0) is 6.42 Å². The Morgan fingerprint density at radius 3 is 2.53 bits per heavy atom. The molecule has 0 bridgehead atoms. The molecule has 0 saturated heterocycles. The molecule has 0 N–H and O–H groups in total. The Labute approximate surface area is 101 Å². The summed E-state index contributed by atoms with van der Waals surface area (Å²) in [6.45, 7) is 0. The van der Waals surface area contributed by atoms with Crippen LogP contribution in [-0.2, 0) is 19.1 Å². The SMILES string of the molecule is COC(=O)CCC#CCC1C(=O)CCCC1=O. The second kappa shape index (κ2) is 6.85. The minimum Gasteiger partial charge on any atom is -0.469 e. The maximum Gasteiger partial charge on any atom is 0.306 e. The van der Waals surface area contributed by atoms with Gasteiger partial charge in [-0.25, -0.2) is 0 Å². The van der Waals surface area contributed by atoms with Gasteiger partial charge in [0.25, 0.3) is 0 Å². The molecule has 0 aromatic rings. The summed E-state index contributed by atoms with van der Waals surface area (Å²) in [6.07, 6.45) is 2.58. The van der Waals surface area contributed by atoms with Gasteiger partial charge in [-0.2, -0.15) is 0 Å². The van der Waals surface area contributed by atoms with Crippen LogP contribution < -0.4 is 0 Å². The van der Waals surface area contributed by atoms with Gasteiger partial charge in [-0.3, -0.25) is 14.4 Å². The van der Waals surface area contributed by atoms with Crippen LogP contribution in [-0.4, -0.2) is 24.6 Å². The lowest BCUT2D eigenvalue weighted by Crippen LogP contribution is -2.28. The fourth-order valence-electron chi connectivity index (χ4n) is 1.72. The van der Waals surface area contributed by atoms with E-state index in [-0.39, 0.29) is 24.0 Å². The van der Waals surface area contributed by atoms with Crippen molar-refractivity contribution in [3.8, 4) is 11.8 Å². The highest BCUT2D eigenvalue weighted by molar-refractivity contribution is 6.04. The summed E-state index contributed by atoms with van der Waals surface area (Å²) in [4.78, 5) is 33.7. The number of hydrogen-bond donors (Lipinski definition) is 0. The largest absolute Gasteiger partial charge is 0.469 e. The van der Waals surface area contributed by atoms with E-state index in [0.717, 1.165) is 0 Å². The van der Waals surface area contributed by atoms with E-state index < -0.39 is 5.92 Å². The third-order valence-electron chi connectivity index (χ3n) is 2.74. The Kier molecular flexibility index (Phi) is 5.41. The Balaban J connectivity index is 2.34. The van der Waals surface area contributed by atoms with E-state index in [2.05, 4.69) is 16.6 Å². The van der Waals surface area contributed by atoms with Gasteiger partial charge in [0, 0.05) is 25.7 Å². The summed E-state index contributed by atoms with van der Waals surface area (Å²) >= 11 is 0. The van der Waals surface area contributed by atoms with Gasteiger partial charge in [0.2, 0.25) is 0 Å². The Morgan fingerprint density at radius 1 is 1.29 bits per heavy atom. The van der Waals surface area contributed by atoms with Crippen molar-refractivity contribution < 1.29 is 19.1 Å². The summed E-state index contributed by atoms with van der Waals surface area (Å²) in [5.74, 6) is 4.75. The van der Waals surface area contributed by atoms with Crippen molar-refractivity contribution in [2.45, 2.75) is 38.5 Å². The van der Waals surface area contributed by atoms with Crippen molar-refractivity contribution in [3.05, 3.63) is 0 Å². The second-order valence-corrected chi connectivity index (χ2v) is 3.97. The smallest absolute Gasteiger partial charge is 0.306 e. The minimum absolute atomic E-state index is 0.00326. The van der Waals surface area contributed by atoms with Gasteiger partial charge < -0.3 is 4.74 Å². The average Bonchev–Trinajstić information content (AvgIpc) is 2.31. The first-order chi connectivity index (χ1) is 8.15. The molecule has 1 fully saturated rings. The summed E-state index contributed by atoms with van der Waals surface area (Å²) < 4.78 is 4.47. The van der Waals surface area contributed by atoms with Crippen molar-refractivity contribution in [3.63, 3.8) is 0 Å². The molecule has 1 aliphatic carbocycles. The molecule has 0 atom stereocenters. The zero-order chi connectivity index (χ0) is 12.7. The molecule has 4 nitrogen and oxygen atoms in total. The van der Waals surface area contributed by atoms with Crippen LogP contribution in [0.3, 0.4) is 0 Å². The molecule has 0 aromatic heterocycles. The third kappa shape index (κ3) is 4.39. The number of carbonyl (C=O) groups excluding carboxylic acids is 3. The molecule has 4 heteroatoms. The third-order valence-corrected chi connectivity index (χ3v) is 2.74. The Hall–Kier alpha value is -1.63. The minimum atomic E-state index is -0.533. The monoisotopic (exact) mass is 236 g/mol. The van der Waals surface area contributed by atoms with Crippen LogP contribution in [0.2, 0.25) is 0 Å². The molecule has 0 radical (unpaired) electrons. The molecule has 1 rings (SSSR count). The highest BCUT2D eigenvalue weighted by Crippen LogP contribution is 2.19. The van der Waals surface area contributed by atoms with Gasteiger partial charge in [-0.1, -0.05) is 0 Å². The highest BCUT2D eigenvalue weighted by atomic mass is 16.5. The summed E-state index contributed by atoms with van der Waals surface area (Å²) in [5.41, 5.74) is 0. The topological polar surface area (TPSA) is 60.4 Å². The fraction of sp³-hybridized carbons (Fsp3) is 0.615. The number of methoxy groups -OCH3 is 1. The van der Waals surface area contributed by atoms with Crippen LogP contribution >= 0.6 is 0 Å². The summed E-state index contributed by atoms with van der Waals surface area (Å²) in [5, 5.41) is 0. The predicted octanol–water partition coefficient (Wildman–Crippen LogP) is 1.27. The normalized spacial score (nSPS) is 16.3. The Bertz CT molecular complexity index is 357. The maximum absolute atomic E-state index is 11.5. The number of esters is 1. The van der Waals surface area contributed by atoms with E-state index in [0.29, 0.717) is 32.1 Å². The van der Waals surface area contributed by atoms with Crippen molar-refractivity contribution in [1.29, 1.82) is 0 Å². The molecule has 0 unspecified atom stereocenters. The number of Topliss-reactive ketones (excluding diaryl/α,β-unsaturated/α-hetero) is 2. The first-order valence-corrected chi connectivity index (χ1v) is 5.73. The van der Waals surface area contributed by atoms with Crippen molar-refractivity contribution in [2.24, 2.45) is 5.92 Å². The average molecular weight is 236 g/mol. The lowest BCUT2D eigenvalue weighted by atomic mass is 9.85. The molecule has 1 saturated carbocycles. The van der Waals surface area contributed by atoms with Crippen LogP contribution in [0.4, 0.5) is 0 Å². The zero-order valence-corrected chi connectivity index (χ0v) is 9.95. The molecule has 92 valence electrons. The van der Waals surface area contributed by atoms with Crippen LogP contribution in [0.1, 0.15) is 38.5 Å². The number of hydrogen-bond acceptors (Lipinski definition) is 4. The lowest BCUT2D eigenvalue weighted by molar-refractivity contribution is -0.140. The van der Waals surface area contributed by atoms with Crippen molar-refractivity contribution in [1.82, 2.24) is 0 Å². The molecule has 0 heterocycles. The van der Waals surface area contributed by atoms with Gasteiger partial charge >= 0.3 is 5.97 Å². The number of ketones is 2. The van der Waals surface area contributed by atoms with Crippen LogP contribution in [0.15, 0.2) is 0 Å². The standard InChI is InChI=1S/C13H16O4/c1-17-13(16)9-4-2-3-6-10-11(14)7-5-8-12(10)15/h10H,4-9H2,1H3. The molecular weight excluding hydrogens is 220 g/mol. The van der Waals surface area contributed by atoms with Gasteiger partial charge in [0.05, 0.1) is 19.4 Å². The molecule has 1 aliphatic rings. The van der Waals surface area contributed by atoms with E-state index in [1.165, 1.54) is 7.11 Å². The second-order valence-electron chi connectivity index (χ2n) is 3.97. The Morgan fingerprint density at radius 2 is 1.94 bits per heavy atom. The maximum atomic E-state index is 11.5. The summed E-state index contributed by atoms with van der Waals surface area (Å²) in [6, 6.07) is 0. The van der Waals surface area contributed by atoms with Gasteiger partial charge in [0.1, 0.15) is 11.6 Å². The first-order valence-electron chi connectivity index (χ1n) is 5.73. The van der Waals surface area contributed by atoms with E-state index >= 15 is 0 Å². The molecule has 0 spiro atoms.